The molecule has 0 aromatic heterocycles. The maximum absolute atomic E-state index is 13.7. The maximum Gasteiger partial charge on any atom is 0.344 e. The minimum atomic E-state index is -2.42. The number of carboxylic acid groups (broad SMARTS) is 1. The number of carboxylic acids is 1. The fourth-order valence-corrected chi connectivity index (χ4v) is 6.69. The number of carbonyl (C=O) groups excluding carboxylic acids is 1. The van der Waals surface area contributed by atoms with E-state index in [0.717, 1.165) is 23.6 Å². The number of phenols is 2. The number of benzene rings is 3. The zero-order valence-electron chi connectivity index (χ0n) is 31.7. The Bertz CT molecular complexity index is 1980. The summed E-state index contributed by atoms with van der Waals surface area (Å²) in [4.78, 5) is 29.6. The number of anilines is 1. The van der Waals surface area contributed by atoms with Crippen LogP contribution in [0.5, 0.6) is 34.5 Å². The first-order valence-electron chi connectivity index (χ1n) is 18.1. The van der Waals surface area contributed by atoms with E-state index in [4.69, 9.17) is 34.2 Å². The molecule has 6 atom stereocenters. The number of guanidine groups is 1. The summed E-state index contributed by atoms with van der Waals surface area (Å²) in [6.07, 6.45) is -10.2. The molecule has 2 aliphatic rings. The average Bonchev–Trinajstić information content (AvgIpc) is 3.19. The highest BCUT2D eigenvalue weighted by Crippen LogP contribution is 2.51. The van der Waals surface area contributed by atoms with Crippen LogP contribution < -0.4 is 35.3 Å². The van der Waals surface area contributed by atoms with E-state index in [2.05, 4.69) is 15.6 Å². The van der Waals surface area contributed by atoms with Gasteiger partial charge >= 0.3 is 11.9 Å². The van der Waals surface area contributed by atoms with Crippen molar-refractivity contribution in [2.24, 2.45) is 10.7 Å². The molecule has 1 spiro atoms. The molecule has 3 aromatic carbocycles. The third-order valence-corrected chi connectivity index (χ3v) is 9.74. The van der Waals surface area contributed by atoms with Gasteiger partial charge < -0.3 is 80.5 Å². The average molecular weight is 801 g/mol. The SMILES string of the molecule is CCNc1cc(O[C@@H]2O[C@@]3(CCc4c(OC)c(O)c(OCCc5cccc(CC)c5)c(O)c4C(=O)O[C@H]3O)[C@@H](O)[C@H](O)[C@H]2O)c(OCNC(N)=NC)cc1C(=O)O. The van der Waals surface area contributed by atoms with E-state index in [-0.39, 0.29) is 66.3 Å². The van der Waals surface area contributed by atoms with Crippen molar-refractivity contribution in [1.29, 1.82) is 0 Å². The van der Waals surface area contributed by atoms with Gasteiger partial charge in [0.1, 0.15) is 23.9 Å². The molecule has 1 saturated heterocycles. The molecule has 5 rings (SSSR count). The summed E-state index contributed by atoms with van der Waals surface area (Å²) in [7, 11) is 2.62. The van der Waals surface area contributed by atoms with Crippen LogP contribution in [0.4, 0.5) is 5.69 Å². The summed E-state index contributed by atoms with van der Waals surface area (Å²) in [6, 6.07) is 10.1. The summed E-state index contributed by atoms with van der Waals surface area (Å²) < 4.78 is 34.3. The minimum Gasteiger partial charge on any atom is -0.504 e. The number of hydrogen-bond donors (Lipinski definition) is 10. The number of aliphatic hydroxyl groups is 4. The molecule has 3 aromatic rings. The van der Waals surface area contributed by atoms with Crippen molar-refractivity contribution in [2.75, 3.05) is 39.4 Å². The second kappa shape index (κ2) is 18.0. The molecular formula is C38H48N4O15. The van der Waals surface area contributed by atoms with Crippen LogP contribution in [0.1, 0.15) is 57.7 Å². The van der Waals surface area contributed by atoms with Gasteiger partial charge in [0.25, 0.3) is 0 Å². The Hall–Kier alpha value is -5.73. The molecule has 310 valence electrons. The molecule has 2 aliphatic heterocycles. The van der Waals surface area contributed by atoms with Crippen LogP contribution in [0, 0.1) is 0 Å². The molecule has 57 heavy (non-hydrogen) atoms. The predicted molar refractivity (Wildman–Crippen MR) is 201 cm³/mol. The van der Waals surface area contributed by atoms with Gasteiger partial charge in [-0.25, -0.2) is 9.59 Å². The number of aliphatic imine (C=N–C) groups is 1. The number of esters is 1. The number of aromatic carboxylic acids is 1. The van der Waals surface area contributed by atoms with Gasteiger partial charge in [0.2, 0.25) is 24.1 Å². The lowest BCUT2D eigenvalue weighted by Gasteiger charge is -2.50. The number of ether oxygens (including phenoxy) is 6. The summed E-state index contributed by atoms with van der Waals surface area (Å²) in [6.45, 7) is 3.68. The number of hydrogen-bond acceptors (Lipinski definition) is 16. The first-order valence-corrected chi connectivity index (χ1v) is 18.1. The summed E-state index contributed by atoms with van der Waals surface area (Å²) >= 11 is 0. The third kappa shape index (κ3) is 8.66. The van der Waals surface area contributed by atoms with E-state index in [9.17, 15) is 45.3 Å². The van der Waals surface area contributed by atoms with Gasteiger partial charge in [0.15, 0.2) is 41.3 Å². The molecule has 0 radical (unpaired) electrons. The molecule has 0 unspecified atom stereocenters. The van der Waals surface area contributed by atoms with Crippen LogP contribution in [-0.2, 0) is 28.7 Å². The fourth-order valence-electron chi connectivity index (χ4n) is 6.69. The van der Waals surface area contributed by atoms with Gasteiger partial charge in [-0.3, -0.25) is 4.99 Å². The van der Waals surface area contributed by atoms with E-state index < -0.39 is 77.7 Å². The number of cyclic esters (lactones) is 1. The van der Waals surface area contributed by atoms with E-state index in [1.807, 2.05) is 31.2 Å². The number of phenolic OH excluding ortho intramolecular Hbond substituents is 2. The van der Waals surface area contributed by atoms with E-state index >= 15 is 0 Å². The number of methoxy groups -OCH3 is 1. The van der Waals surface area contributed by atoms with Gasteiger partial charge in [-0.15, -0.1) is 0 Å². The Morgan fingerprint density at radius 2 is 1.75 bits per heavy atom. The monoisotopic (exact) mass is 800 g/mol. The standard InChI is InChI=1S/C38H48N4O15/c1-5-18-8-7-9-19(14-18)11-13-53-31-26(43)25-20(30(52-4)29(31)46)10-12-38(36(51)56-34(25)50)32(47)27(44)28(45)35(57-38)55-24-16-22(41-6-2)21(33(48)49)15-23(24)54-17-42-37(39)40-3/h7-9,14-16,27-28,32,35-36,41,43-47,51H,5-6,10-13,17H2,1-4H3,(H,48,49)(H3,39,40,42)/t27-,28-,32+,35-,36-,38+/m1/s1. The number of rotatable bonds is 14. The largest absolute Gasteiger partial charge is 0.504 e. The van der Waals surface area contributed by atoms with Crippen LogP contribution in [0.15, 0.2) is 41.4 Å². The van der Waals surface area contributed by atoms with Gasteiger partial charge in [-0.05, 0) is 37.3 Å². The van der Waals surface area contributed by atoms with E-state index in [1.54, 1.807) is 6.92 Å². The molecule has 0 aliphatic carbocycles. The molecule has 2 heterocycles. The van der Waals surface area contributed by atoms with Crippen molar-refractivity contribution in [1.82, 2.24) is 5.32 Å². The molecule has 0 saturated carbocycles. The third-order valence-electron chi connectivity index (χ3n) is 9.74. The molecule has 0 bridgehead atoms. The number of nitrogens with two attached hydrogens (primary N) is 1. The zero-order valence-corrected chi connectivity index (χ0v) is 31.7. The fraction of sp³-hybridized carbons (Fsp3) is 0.447. The van der Waals surface area contributed by atoms with Gasteiger partial charge in [0, 0.05) is 37.7 Å². The predicted octanol–water partition coefficient (Wildman–Crippen LogP) is 0.969. The number of aromatic hydroxyl groups is 2. The Morgan fingerprint density at radius 3 is 2.42 bits per heavy atom. The molecule has 11 N–H and O–H groups in total. The zero-order chi connectivity index (χ0) is 41.6. The first kappa shape index (κ1) is 42.4. The molecular weight excluding hydrogens is 752 g/mol. The highest BCUT2D eigenvalue weighted by molar-refractivity contribution is 5.97. The number of nitrogens with one attached hydrogen (secondary N) is 2. The van der Waals surface area contributed by atoms with Gasteiger partial charge in [-0.2, -0.15) is 0 Å². The highest BCUT2D eigenvalue weighted by Gasteiger charge is 2.60. The number of fused-ring (bicyclic) bond motifs is 1. The van der Waals surface area contributed by atoms with Crippen LogP contribution >= 0.6 is 0 Å². The number of aryl methyl sites for hydroxylation is 1. The van der Waals surface area contributed by atoms with Crippen molar-refractivity contribution >= 4 is 23.6 Å². The Labute approximate surface area is 327 Å². The lowest BCUT2D eigenvalue weighted by Crippen LogP contribution is -2.70. The first-order chi connectivity index (χ1) is 27.2. The van der Waals surface area contributed by atoms with Crippen molar-refractivity contribution in [3.8, 4) is 34.5 Å². The lowest BCUT2D eigenvalue weighted by atomic mass is 9.80. The number of carbonyl (C=O) groups is 2. The maximum atomic E-state index is 13.7. The smallest absolute Gasteiger partial charge is 0.344 e. The van der Waals surface area contributed by atoms with Crippen LogP contribution in [0.3, 0.4) is 0 Å². The second-order valence-electron chi connectivity index (χ2n) is 13.2. The normalized spacial score (nSPS) is 23.4. The van der Waals surface area contributed by atoms with Crippen LogP contribution in [-0.4, -0.2) is 124 Å². The highest BCUT2D eigenvalue weighted by atomic mass is 16.7. The van der Waals surface area contributed by atoms with Crippen LogP contribution in [0.25, 0.3) is 0 Å². The number of aliphatic hydroxyl groups excluding tert-OH is 4. The molecule has 19 nitrogen and oxygen atoms in total. The molecule has 0 amide bonds. The van der Waals surface area contributed by atoms with Gasteiger partial charge in [-0.1, -0.05) is 31.2 Å². The van der Waals surface area contributed by atoms with Crippen molar-refractivity contribution in [3.63, 3.8) is 0 Å². The Morgan fingerprint density at radius 1 is 1.02 bits per heavy atom. The van der Waals surface area contributed by atoms with E-state index in [0.29, 0.717) is 6.42 Å². The lowest BCUT2D eigenvalue weighted by molar-refractivity contribution is -0.357. The van der Waals surface area contributed by atoms with Crippen molar-refractivity contribution in [3.05, 3.63) is 64.2 Å². The summed E-state index contributed by atoms with van der Waals surface area (Å²) in [5, 5.41) is 83.0. The van der Waals surface area contributed by atoms with Crippen molar-refractivity contribution < 1.29 is 73.8 Å². The summed E-state index contributed by atoms with van der Waals surface area (Å²) in [5.74, 6) is -5.27. The topological polar surface area (TPSA) is 294 Å². The minimum absolute atomic E-state index is 0.00444. The quantitative estimate of drug-likeness (QED) is 0.0470. The van der Waals surface area contributed by atoms with Crippen LogP contribution in [0.2, 0.25) is 0 Å². The Kier molecular flexibility index (Phi) is 13.4. The summed E-state index contributed by atoms with van der Waals surface area (Å²) in [5.41, 5.74) is 4.54. The Balaban J connectivity index is 1.48. The molecule has 19 heteroatoms. The van der Waals surface area contributed by atoms with Gasteiger partial charge in [0.05, 0.1) is 25.0 Å². The molecule has 1 fully saturated rings. The van der Waals surface area contributed by atoms with Crippen molar-refractivity contribution in [2.45, 2.75) is 76.0 Å². The number of nitrogens with zero attached hydrogens (tertiary/aromatic N) is 1. The van der Waals surface area contributed by atoms with E-state index in [1.165, 1.54) is 20.2 Å². The second-order valence-corrected chi connectivity index (χ2v) is 13.2.